The molecule has 1 aliphatic heterocycles. The zero-order valence-electron chi connectivity index (χ0n) is 18.5. The molecule has 7 nitrogen and oxygen atoms in total. The summed E-state index contributed by atoms with van der Waals surface area (Å²) in [5, 5.41) is 13.2. The molecule has 1 fully saturated rings. The van der Waals surface area contributed by atoms with Crippen LogP contribution in [0.5, 0.6) is 0 Å². The smallest absolute Gasteiger partial charge is 0.337 e. The first kappa shape index (κ1) is 22.0. The zero-order valence-corrected chi connectivity index (χ0v) is 19.2. The van der Waals surface area contributed by atoms with Crippen molar-refractivity contribution in [3.8, 4) is 0 Å². The highest BCUT2D eigenvalue weighted by Gasteiger charge is 2.30. The molecule has 34 heavy (non-hydrogen) atoms. The summed E-state index contributed by atoms with van der Waals surface area (Å²) >= 11 is 6.33. The predicted octanol–water partition coefficient (Wildman–Crippen LogP) is 4.82. The van der Waals surface area contributed by atoms with E-state index in [1.807, 2.05) is 25.1 Å². The van der Waals surface area contributed by atoms with Crippen LogP contribution in [0.25, 0.3) is 5.65 Å². The summed E-state index contributed by atoms with van der Waals surface area (Å²) < 4.78 is 1.44. The lowest BCUT2D eigenvalue weighted by Crippen LogP contribution is -2.46. The highest BCUT2D eigenvalue weighted by atomic mass is 35.5. The molecule has 0 bridgehead atoms. The Morgan fingerprint density at radius 2 is 1.82 bits per heavy atom. The summed E-state index contributed by atoms with van der Waals surface area (Å²) in [5.74, 6) is 0.00628. The maximum atomic E-state index is 13.0. The van der Waals surface area contributed by atoms with Crippen LogP contribution < -0.4 is 15.8 Å². The number of para-hydroxylation sites is 1. The van der Waals surface area contributed by atoms with Crippen LogP contribution in [0.3, 0.4) is 0 Å². The number of aromatic nitrogens is 2. The number of aromatic carboxylic acids is 1. The fourth-order valence-electron chi connectivity index (χ4n) is 4.37. The van der Waals surface area contributed by atoms with Crippen molar-refractivity contribution in [3.63, 3.8) is 0 Å². The number of carboxylic acid groups (broad SMARTS) is 1. The van der Waals surface area contributed by atoms with Gasteiger partial charge in [0.05, 0.1) is 16.6 Å². The number of carboxylic acids is 1. The Labute approximate surface area is 201 Å². The topological polar surface area (TPSA) is 86.9 Å². The lowest BCUT2D eigenvalue weighted by atomic mass is 9.91. The Bertz CT molecular complexity index is 1430. The number of halogens is 1. The van der Waals surface area contributed by atoms with E-state index in [4.69, 9.17) is 16.6 Å². The molecule has 0 unspecified atom stereocenters. The minimum atomic E-state index is -1.02. The zero-order chi connectivity index (χ0) is 23.8. The predicted molar refractivity (Wildman–Crippen MR) is 133 cm³/mol. The second-order valence-electron chi connectivity index (χ2n) is 8.49. The number of hydrogen-bond acceptors (Lipinski definition) is 5. The number of anilines is 2. The molecule has 2 aromatic carbocycles. The molecule has 0 spiro atoms. The molecule has 0 radical (unpaired) electrons. The van der Waals surface area contributed by atoms with Crippen molar-refractivity contribution in [1.82, 2.24) is 9.38 Å². The van der Waals surface area contributed by atoms with E-state index in [0.29, 0.717) is 33.7 Å². The average Bonchev–Trinajstić information content (AvgIpc) is 2.79. The normalized spacial score (nSPS) is 14.6. The molecular weight excluding hydrogens is 452 g/mol. The van der Waals surface area contributed by atoms with Crippen LogP contribution in [0.15, 0.2) is 77.7 Å². The largest absolute Gasteiger partial charge is 0.478 e. The van der Waals surface area contributed by atoms with E-state index in [-0.39, 0.29) is 17.2 Å². The van der Waals surface area contributed by atoms with Crippen LogP contribution in [0.2, 0.25) is 5.02 Å². The van der Waals surface area contributed by atoms with Gasteiger partial charge >= 0.3 is 5.97 Å². The van der Waals surface area contributed by atoms with Crippen LogP contribution >= 0.6 is 11.6 Å². The van der Waals surface area contributed by atoms with Crippen molar-refractivity contribution in [3.05, 3.63) is 105 Å². The van der Waals surface area contributed by atoms with E-state index in [9.17, 15) is 14.7 Å². The summed E-state index contributed by atoms with van der Waals surface area (Å²) in [5.41, 5.74) is 2.89. The van der Waals surface area contributed by atoms with Gasteiger partial charge in [0, 0.05) is 42.5 Å². The number of nitrogens with zero attached hydrogens (tertiary/aromatic N) is 3. The van der Waals surface area contributed by atoms with Gasteiger partial charge in [0.25, 0.3) is 5.56 Å². The SMILES string of the molecule is C[C@@H](Nc1ccccc1C(=O)O)c1cc(Cl)cn2c(=O)cc(N3CC(c4ccccc4)C3)nc12. The highest BCUT2D eigenvalue weighted by molar-refractivity contribution is 6.30. The van der Waals surface area contributed by atoms with Crippen molar-refractivity contribution in [2.24, 2.45) is 0 Å². The quantitative estimate of drug-likeness (QED) is 0.416. The third kappa shape index (κ3) is 4.10. The molecule has 1 atom stereocenters. The van der Waals surface area contributed by atoms with Gasteiger partial charge in [-0.2, -0.15) is 0 Å². The summed E-state index contributed by atoms with van der Waals surface area (Å²) in [6.07, 6.45) is 1.56. The van der Waals surface area contributed by atoms with Crippen LogP contribution in [0.1, 0.15) is 40.4 Å². The maximum Gasteiger partial charge on any atom is 0.337 e. The van der Waals surface area contributed by atoms with Crippen molar-refractivity contribution in [1.29, 1.82) is 0 Å². The van der Waals surface area contributed by atoms with Crippen LogP contribution in [0.4, 0.5) is 11.5 Å². The van der Waals surface area contributed by atoms with Gasteiger partial charge in [-0.25, -0.2) is 9.78 Å². The minimum Gasteiger partial charge on any atom is -0.478 e. The van der Waals surface area contributed by atoms with E-state index in [0.717, 1.165) is 13.1 Å². The lowest BCUT2D eigenvalue weighted by Gasteiger charge is -2.40. The second kappa shape index (κ2) is 8.83. The fourth-order valence-corrected chi connectivity index (χ4v) is 4.59. The number of nitrogens with one attached hydrogen (secondary N) is 1. The van der Waals surface area contributed by atoms with E-state index < -0.39 is 5.97 Å². The first-order chi connectivity index (χ1) is 16.4. The Kier molecular flexibility index (Phi) is 5.71. The molecule has 0 saturated carbocycles. The Hall–Kier alpha value is -3.84. The highest BCUT2D eigenvalue weighted by Crippen LogP contribution is 2.32. The molecule has 1 saturated heterocycles. The van der Waals surface area contributed by atoms with Gasteiger partial charge in [-0.3, -0.25) is 9.20 Å². The second-order valence-corrected chi connectivity index (χ2v) is 8.93. The van der Waals surface area contributed by atoms with E-state index in [1.54, 1.807) is 36.5 Å². The van der Waals surface area contributed by atoms with Gasteiger partial charge in [-0.1, -0.05) is 54.1 Å². The molecule has 5 rings (SSSR count). The molecule has 3 heterocycles. The Morgan fingerprint density at radius 3 is 2.56 bits per heavy atom. The van der Waals surface area contributed by atoms with Crippen LogP contribution in [-0.4, -0.2) is 33.6 Å². The van der Waals surface area contributed by atoms with Gasteiger partial charge in [0.15, 0.2) is 0 Å². The molecule has 0 aliphatic carbocycles. The van der Waals surface area contributed by atoms with Gasteiger partial charge in [0.2, 0.25) is 0 Å². The number of rotatable bonds is 6. The number of hydrogen-bond donors (Lipinski definition) is 2. The number of fused-ring (bicyclic) bond motifs is 1. The molecule has 1 aliphatic rings. The molecule has 8 heteroatoms. The molecule has 2 aromatic heterocycles. The molecule has 2 N–H and O–H groups in total. The van der Waals surface area contributed by atoms with Gasteiger partial charge in [-0.15, -0.1) is 0 Å². The van der Waals surface area contributed by atoms with E-state index in [1.165, 1.54) is 16.0 Å². The first-order valence-electron chi connectivity index (χ1n) is 11.0. The third-order valence-corrected chi connectivity index (χ3v) is 6.42. The number of benzene rings is 2. The van der Waals surface area contributed by atoms with E-state index in [2.05, 4.69) is 22.3 Å². The Morgan fingerprint density at radius 1 is 1.12 bits per heavy atom. The minimum absolute atomic E-state index is 0.166. The number of pyridine rings is 1. The van der Waals surface area contributed by atoms with Crippen molar-refractivity contribution >= 4 is 34.7 Å². The van der Waals surface area contributed by atoms with Gasteiger partial charge < -0.3 is 15.3 Å². The van der Waals surface area contributed by atoms with Crippen LogP contribution in [0, 0.1) is 0 Å². The summed E-state index contributed by atoms with van der Waals surface area (Å²) in [7, 11) is 0. The summed E-state index contributed by atoms with van der Waals surface area (Å²) in [4.78, 5) is 31.5. The standard InChI is InChI=1S/C26H23ClN4O3/c1-16(28-22-10-6-5-9-20(22)26(33)34)21-11-19(27)15-31-24(32)12-23(29-25(21)31)30-13-18(14-30)17-7-3-2-4-8-17/h2-12,15-16,18,28H,13-14H2,1H3,(H,33,34)/t16-/m1/s1. The van der Waals surface area contributed by atoms with Crippen molar-refractivity contribution in [2.45, 2.75) is 18.9 Å². The monoisotopic (exact) mass is 474 g/mol. The van der Waals surface area contributed by atoms with Crippen molar-refractivity contribution < 1.29 is 9.90 Å². The maximum absolute atomic E-state index is 13.0. The van der Waals surface area contributed by atoms with Gasteiger partial charge in [-0.05, 0) is 30.7 Å². The first-order valence-corrected chi connectivity index (χ1v) is 11.4. The molecule has 0 amide bonds. The summed E-state index contributed by atoms with van der Waals surface area (Å²) in [6, 6.07) is 19.9. The Balaban J connectivity index is 1.48. The third-order valence-electron chi connectivity index (χ3n) is 6.22. The lowest BCUT2D eigenvalue weighted by molar-refractivity contribution is 0.0698. The van der Waals surface area contributed by atoms with Crippen molar-refractivity contribution in [2.75, 3.05) is 23.3 Å². The summed E-state index contributed by atoms with van der Waals surface area (Å²) in [6.45, 7) is 3.46. The molecule has 172 valence electrons. The van der Waals surface area contributed by atoms with E-state index >= 15 is 0 Å². The fraction of sp³-hybridized carbons (Fsp3) is 0.192. The number of carbonyl (C=O) groups is 1. The average molecular weight is 475 g/mol. The molecule has 4 aromatic rings. The van der Waals surface area contributed by atoms with Crippen LogP contribution in [-0.2, 0) is 0 Å². The molecular formula is C26H23ClN4O3. The van der Waals surface area contributed by atoms with Gasteiger partial charge in [0.1, 0.15) is 11.5 Å².